The summed E-state index contributed by atoms with van der Waals surface area (Å²) in [5.41, 5.74) is 2.18. The van der Waals surface area contributed by atoms with Crippen LogP contribution in [0.15, 0.2) is 50.7 Å². The van der Waals surface area contributed by atoms with Crippen molar-refractivity contribution in [2.45, 2.75) is 79.8 Å². The molecular weight excluding hydrogens is 440 g/mol. The average molecular weight is 481 g/mol. The molecule has 5 heteroatoms. The van der Waals surface area contributed by atoms with Crippen molar-refractivity contribution < 1.29 is 19.4 Å². The zero-order chi connectivity index (χ0) is 25.8. The summed E-state index contributed by atoms with van der Waals surface area (Å²) in [7, 11) is 0. The molecule has 2 N–H and O–H groups in total. The number of aliphatic hydroxyl groups is 2. The van der Waals surface area contributed by atoms with Gasteiger partial charge in [-0.2, -0.15) is 0 Å². The van der Waals surface area contributed by atoms with Gasteiger partial charge in [0.1, 0.15) is 5.76 Å². The maximum absolute atomic E-state index is 13.4. The molecule has 0 bridgehead atoms. The fourth-order valence-electron chi connectivity index (χ4n) is 7.81. The highest BCUT2D eigenvalue weighted by molar-refractivity contribution is 6.00. The maximum atomic E-state index is 13.4. The Kier molecular flexibility index (Phi) is 6.65. The van der Waals surface area contributed by atoms with Crippen LogP contribution in [0.5, 0.6) is 0 Å². The Bertz CT molecular complexity index is 1170. The van der Waals surface area contributed by atoms with Gasteiger partial charge in [0.05, 0.1) is 12.7 Å². The molecule has 6 atom stereocenters. The Morgan fingerprint density at radius 2 is 1.83 bits per heavy atom. The van der Waals surface area contributed by atoms with Crippen LogP contribution >= 0.6 is 0 Å². The van der Waals surface area contributed by atoms with Crippen molar-refractivity contribution in [2.24, 2.45) is 28.1 Å². The molecule has 3 fully saturated rings. The van der Waals surface area contributed by atoms with E-state index in [1.54, 1.807) is 19.1 Å². The minimum atomic E-state index is -0.522. The topological polar surface area (TPSA) is 87.7 Å². The molecule has 35 heavy (non-hydrogen) atoms. The van der Waals surface area contributed by atoms with Gasteiger partial charge >= 0.3 is 5.63 Å². The highest BCUT2D eigenvalue weighted by Gasteiger charge is 2.65. The molecule has 0 aromatic carbocycles. The number of hydrogen-bond acceptors (Lipinski definition) is 5. The zero-order valence-electron chi connectivity index (χ0n) is 22.0. The SMILES string of the molecule is CC(=CC=CC(C)=C1C(=O)CC2C1(C)CCC1C(C)(CO)C(O)CCC21C)c1ccc(C)c(=O)o1. The van der Waals surface area contributed by atoms with Gasteiger partial charge in [-0.05, 0) is 87.0 Å². The van der Waals surface area contributed by atoms with Crippen LogP contribution in [0.1, 0.15) is 78.0 Å². The number of hydrogen-bond donors (Lipinski definition) is 2. The van der Waals surface area contributed by atoms with Crippen LogP contribution in [-0.2, 0) is 4.79 Å². The van der Waals surface area contributed by atoms with Crippen molar-refractivity contribution in [2.75, 3.05) is 6.61 Å². The fraction of sp³-hybridized carbons (Fsp3) is 0.600. The van der Waals surface area contributed by atoms with Gasteiger partial charge in [-0.1, -0.05) is 39.0 Å². The van der Waals surface area contributed by atoms with Crippen LogP contribution < -0.4 is 5.63 Å². The number of carbonyl (C=O) groups excluding carboxylic acids is 1. The first-order valence-electron chi connectivity index (χ1n) is 12.9. The first-order chi connectivity index (χ1) is 16.4. The number of fused-ring (bicyclic) bond motifs is 3. The predicted molar refractivity (Wildman–Crippen MR) is 138 cm³/mol. The van der Waals surface area contributed by atoms with Gasteiger partial charge in [-0.15, -0.1) is 0 Å². The lowest BCUT2D eigenvalue weighted by molar-refractivity contribution is -0.178. The van der Waals surface area contributed by atoms with Gasteiger partial charge in [0, 0.05) is 28.4 Å². The Balaban J connectivity index is 1.64. The third-order valence-electron chi connectivity index (χ3n) is 9.89. The number of aryl methyl sites for hydroxylation is 1. The Morgan fingerprint density at radius 3 is 2.49 bits per heavy atom. The highest BCUT2D eigenvalue weighted by Crippen LogP contribution is 2.69. The Labute approximate surface area is 208 Å². The van der Waals surface area contributed by atoms with E-state index in [1.807, 2.05) is 39.0 Å². The fourth-order valence-corrected chi connectivity index (χ4v) is 7.81. The summed E-state index contributed by atoms with van der Waals surface area (Å²) < 4.78 is 5.37. The third kappa shape index (κ3) is 4.01. The van der Waals surface area contributed by atoms with Crippen molar-refractivity contribution in [3.05, 3.63) is 63.3 Å². The number of carbonyl (C=O) groups is 1. The number of aliphatic hydroxyl groups excluding tert-OH is 2. The molecule has 1 aromatic rings. The second-order valence-electron chi connectivity index (χ2n) is 11.9. The minimum absolute atomic E-state index is 0.0247. The molecule has 5 nitrogen and oxygen atoms in total. The standard InChI is InChI=1S/C30H40O5/c1-18(22-11-10-20(3)27(34)35-22)8-7-9-19(2)26-21(32)16-24-28(4)15-13-25(33)30(6,17-31)23(28)12-14-29(24,26)5/h7-11,23-25,31,33H,12-17H2,1-6H3. The van der Waals surface area contributed by atoms with Crippen molar-refractivity contribution in [1.82, 2.24) is 0 Å². The maximum Gasteiger partial charge on any atom is 0.339 e. The Morgan fingerprint density at radius 1 is 1.11 bits per heavy atom. The average Bonchev–Trinajstić information content (AvgIpc) is 3.09. The second-order valence-corrected chi connectivity index (χ2v) is 11.9. The number of rotatable bonds is 4. The normalized spacial score (nSPS) is 39.0. The summed E-state index contributed by atoms with van der Waals surface area (Å²) in [6, 6.07) is 3.56. The lowest BCUT2D eigenvalue weighted by Gasteiger charge is -2.62. The number of allylic oxidation sites excluding steroid dienone is 6. The molecule has 4 rings (SSSR count). The highest BCUT2D eigenvalue weighted by atomic mass is 16.4. The van der Waals surface area contributed by atoms with Crippen LogP contribution in [0.2, 0.25) is 0 Å². The summed E-state index contributed by atoms with van der Waals surface area (Å²) in [4.78, 5) is 25.3. The van der Waals surface area contributed by atoms with E-state index in [-0.39, 0.29) is 40.7 Å². The molecule has 0 aliphatic heterocycles. The van der Waals surface area contributed by atoms with E-state index in [0.717, 1.165) is 36.0 Å². The van der Waals surface area contributed by atoms with E-state index in [0.29, 0.717) is 24.2 Å². The van der Waals surface area contributed by atoms with Crippen LogP contribution in [0.4, 0.5) is 0 Å². The molecular formula is C30H40O5. The van der Waals surface area contributed by atoms with Crippen molar-refractivity contribution in [1.29, 1.82) is 0 Å². The zero-order valence-corrected chi connectivity index (χ0v) is 22.0. The van der Waals surface area contributed by atoms with Crippen LogP contribution in [-0.4, -0.2) is 28.7 Å². The van der Waals surface area contributed by atoms with Gasteiger partial charge < -0.3 is 14.6 Å². The molecule has 0 saturated heterocycles. The molecule has 3 aliphatic rings. The van der Waals surface area contributed by atoms with Gasteiger partial charge in [0.2, 0.25) is 0 Å². The van der Waals surface area contributed by atoms with Crippen LogP contribution in [0.3, 0.4) is 0 Å². The van der Waals surface area contributed by atoms with E-state index < -0.39 is 11.5 Å². The number of Topliss-reactive ketones (excluding diaryl/α,β-unsaturated/α-hetero) is 1. The van der Waals surface area contributed by atoms with E-state index in [2.05, 4.69) is 13.8 Å². The van der Waals surface area contributed by atoms with E-state index in [4.69, 9.17) is 4.42 Å². The largest absolute Gasteiger partial charge is 0.423 e. The molecule has 190 valence electrons. The Hall–Kier alpha value is -2.24. The quantitative estimate of drug-likeness (QED) is 0.446. The van der Waals surface area contributed by atoms with Gasteiger partial charge in [-0.25, -0.2) is 4.79 Å². The van der Waals surface area contributed by atoms with Crippen LogP contribution in [0, 0.1) is 35.0 Å². The second kappa shape index (κ2) is 9.01. The third-order valence-corrected chi connectivity index (χ3v) is 9.89. The summed E-state index contributed by atoms with van der Waals surface area (Å²) in [5.74, 6) is 1.16. The molecule has 3 saturated carbocycles. The molecule has 0 spiro atoms. The van der Waals surface area contributed by atoms with Crippen molar-refractivity contribution in [3.8, 4) is 0 Å². The molecule has 3 aliphatic carbocycles. The van der Waals surface area contributed by atoms with E-state index >= 15 is 0 Å². The van der Waals surface area contributed by atoms with Gasteiger partial charge in [0.25, 0.3) is 0 Å². The summed E-state index contributed by atoms with van der Waals surface area (Å²) >= 11 is 0. The first-order valence-corrected chi connectivity index (χ1v) is 12.9. The molecule has 1 heterocycles. The summed E-state index contributed by atoms with van der Waals surface area (Å²) in [6.45, 7) is 12.2. The monoisotopic (exact) mass is 480 g/mol. The lowest BCUT2D eigenvalue weighted by Crippen LogP contribution is -2.59. The van der Waals surface area contributed by atoms with Crippen LogP contribution in [0.25, 0.3) is 5.57 Å². The van der Waals surface area contributed by atoms with Crippen molar-refractivity contribution in [3.63, 3.8) is 0 Å². The number of ketones is 1. The molecule has 0 amide bonds. The van der Waals surface area contributed by atoms with Crippen molar-refractivity contribution >= 4 is 11.4 Å². The smallest absolute Gasteiger partial charge is 0.339 e. The minimum Gasteiger partial charge on any atom is -0.423 e. The van der Waals surface area contributed by atoms with Gasteiger partial charge in [0.15, 0.2) is 5.78 Å². The molecule has 6 unspecified atom stereocenters. The molecule has 1 aromatic heterocycles. The van der Waals surface area contributed by atoms with E-state index in [1.165, 1.54) is 0 Å². The summed E-state index contributed by atoms with van der Waals surface area (Å²) in [5, 5.41) is 21.0. The first kappa shape index (κ1) is 25.8. The van der Waals surface area contributed by atoms with E-state index in [9.17, 15) is 19.8 Å². The van der Waals surface area contributed by atoms with Gasteiger partial charge in [-0.3, -0.25) is 4.79 Å². The summed E-state index contributed by atoms with van der Waals surface area (Å²) in [6.07, 6.45) is 9.19. The molecule has 0 radical (unpaired) electrons. The lowest BCUT2D eigenvalue weighted by atomic mass is 9.43. The predicted octanol–water partition coefficient (Wildman–Crippen LogP) is 5.39.